The van der Waals surface area contributed by atoms with Crippen molar-refractivity contribution in [3.8, 4) is 0 Å². The first-order chi connectivity index (χ1) is 9.47. The number of ketones is 1. The van der Waals surface area contributed by atoms with E-state index in [1.165, 1.54) is 11.1 Å². The van der Waals surface area contributed by atoms with Crippen molar-refractivity contribution in [3.05, 3.63) is 47.6 Å². The second-order valence-electron chi connectivity index (χ2n) is 5.77. The molecule has 1 aliphatic carbocycles. The topological polar surface area (TPSA) is 17.1 Å². The van der Waals surface area contributed by atoms with E-state index in [0.717, 1.165) is 18.4 Å². The number of hydrogen-bond donors (Lipinski definition) is 0. The van der Waals surface area contributed by atoms with Gasteiger partial charge in [-0.25, -0.2) is 0 Å². The zero-order valence-electron chi connectivity index (χ0n) is 13.6. The van der Waals surface area contributed by atoms with Crippen molar-refractivity contribution in [1.82, 2.24) is 0 Å². The van der Waals surface area contributed by atoms with Gasteiger partial charge in [0.25, 0.3) is 0 Å². The number of carbonyl (C=O) groups is 1. The Morgan fingerprint density at radius 3 is 2.60 bits per heavy atom. The van der Waals surface area contributed by atoms with Crippen LogP contribution in [0.15, 0.2) is 47.6 Å². The lowest BCUT2D eigenvalue weighted by molar-refractivity contribution is -0.119. The molecule has 0 saturated heterocycles. The molecule has 0 bridgehead atoms. The van der Waals surface area contributed by atoms with E-state index in [-0.39, 0.29) is 5.92 Å². The molecule has 0 aromatic rings. The lowest BCUT2D eigenvalue weighted by Crippen LogP contribution is -2.21. The first-order valence-electron chi connectivity index (χ1n) is 7.69. The highest BCUT2D eigenvalue weighted by atomic mass is 16.1. The van der Waals surface area contributed by atoms with Crippen LogP contribution in [-0.4, -0.2) is 5.78 Å². The summed E-state index contributed by atoms with van der Waals surface area (Å²) in [4.78, 5) is 12.5. The molecule has 0 spiro atoms. The largest absolute Gasteiger partial charge is 0.294 e. The highest BCUT2D eigenvalue weighted by molar-refractivity contribution is 5.97. The van der Waals surface area contributed by atoms with Crippen molar-refractivity contribution in [3.63, 3.8) is 0 Å². The van der Waals surface area contributed by atoms with Gasteiger partial charge in [-0.1, -0.05) is 57.2 Å². The van der Waals surface area contributed by atoms with Crippen molar-refractivity contribution in [2.45, 2.75) is 47.5 Å². The molecule has 0 aromatic heterocycles. The molecule has 1 fully saturated rings. The maximum atomic E-state index is 12.5. The van der Waals surface area contributed by atoms with E-state index in [0.29, 0.717) is 17.6 Å². The Hall–Kier alpha value is -1.37. The molecule has 3 unspecified atom stereocenters. The predicted molar refractivity (Wildman–Crippen MR) is 87.5 cm³/mol. The summed E-state index contributed by atoms with van der Waals surface area (Å²) in [6, 6.07) is 0. The van der Waals surface area contributed by atoms with Gasteiger partial charge in [0.2, 0.25) is 0 Å². The average molecular weight is 272 g/mol. The lowest BCUT2D eigenvalue weighted by atomic mass is 9.82. The van der Waals surface area contributed by atoms with Gasteiger partial charge in [-0.3, -0.25) is 4.79 Å². The van der Waals surface area contributed by atoms with Crippen molar-refractivity contribution >= 4 is 5.78 Å². The Kier molecular flexibility index (Phi) is 6.19. The maximum absolute atomic E-state index is 12.5. The molecule has 1 rings (SSSR count). The Morgan fingerprint density at radius 2 is 2.10 bits per heavy atom. The van der Waals surface area contributed by atoms with Gasteiger partial charge in [-0.05, 0) is 49.7 Å². The molecule has 0 heterocycles. The third kappa shape index (κ3) is 3.39. The summed E-state index contributed by atoms with van der Waals surface area (Å²) < 4.78 is 0. The second-order valence-corrected chi connectivity index (χ2v) is 5.77. The molecule has 0 aromatic carbocycles. The Bertz CT molecular complexity index is 462. The summed E-state index contributed by atoms with van der Waals surface area (Å²) in [7, 11) is 0. The fourth-order valence-corrected chi connectivity index (χ4v) is 2.96. The summed E-state index contributed by atoms with van der Waals surface area (Å²) in [5.74, 6) is 1.10. The van der Waals surface area contributed by atoms with E-state index in [1.807, 2.05) is 32.9 Å². The highest BCUT2D eigenvalue weighted by Crippen LogP contribution is 2.44. The number of allylic oxidation sites excluding steroid dienone is 7. The fourth-order valence-electron chi connectivity index (χ4n) is 2.96. The van der Waals surface area contributed by atoms with E-state index in [2.05, 4.69) is 32.6 Å². The van der Waals surface area contributed by atoms with E-state index in [9.17, 15) is 4.79 Å². The van der Waals surface area contributed by atoms with Gasteiger partial charge in [0.1, 0.15) is 0 Å². The predicted octanol–water partition coefficient (Wildman–Crippen LogP) is 5.26. The van der Waals surface area contributed by atoms with E-state index in [4.69, 9.17) is 0 Å². The molecule has 1 nitrogen and oxygen atoms in total. The molecule has 110 valence electrons. The minimum absolute atomic E-state index is 0.116. The van der Waals surface area contributed by atoms with Crippen LogP contribution >= 0.6 is 0 Å². The number of carbonyl (C=O) groups excluding carboxylic acids is 1. The van der Waals surface area contributed by atoms with Crippen LogP contribution in [0.2, 0.25) is 0 Å². The average Bonchev–Trinajstić information content (AvgIpc) is 2.72. The highest BCUT2D eigenvalue weighted by Gasteiger charge is 2.35. The van der Waals surface area contributed by atoms with Gasteiger partial charge >= 0.3 is 0 Å². The van der Waals surface area contributed by atoms with Gasteiger partial charge < -0.3 is 0 Å². The summed E-state index contributed by atoms with van der Waals surface area (Å²) in [5.41, 5.74) is 3.47. The van der Waals surface area contributed by atoms with Gasteiger partial charge in [-0.15, -0.1) is 0 Å². The van der Waals surface area contributed by atoms with Crippen molar-refractivity contribution in [2.75, 3.05) is 0 Å². The van der Waals surface area contributed by atoms with Crippen molar-refractivity contribution in [1.29, 1.82) is 0 Å². The summed E-state index contributed by atoms with van der Waals surface area (Å²) in [6.45, 7) is 14.5. The molecule has 1 aliphatic rings. The molecule has 1 heteroatoms. The molecule has 0 aliphatic heterocycles. The normalized spacial score (nSPS) is 27.6. The summed E-state index contributed by atoms with van der Waals surface area (Å²) >= 11 is 0. The van der Waals surface area contributed by atoms with Crippen LogP contribution in [0, 0.1) is 17.8 Å². The van der Waals surface area contributed by atoms with Gasteiger partial charge in [0, 0.05) is 5.92 Å². The quantitative estimate of drug-likeness (QED) is 0.624. The third-order valence-corrected chi connectivity index (χ3v) is 4.49. The van der Waals surface area contributed by atoms with Crippen LogP contribution in [0.3, 0.4) is 0 Å². The SMILES string of the molecule is C=C1CC(/C(=C/C)C(=O)C(C)CC)C(C)/C1=C/C=C\C. The minimum Gasteiger partial charge on any atom is -0.294 e. The third-order valence-electron chi connectivity index (χ3n) is 4.49. The van der Waals surface area contributed by atoms with Crippen LogP contribution in [0.25, 0.3) is 0 Å². The second kappa shape index (κ2) is 7.42. The van der Waals surface area contributed by atoms with Gasteiger partial charge in [0.05, 0.1) is 0 Å². The molecule has 3 atom stereocenters. The zero-order valence-corrected chi connectivity index (χ0v) is 13.6. The minimum atomic E-state index is 0.116. The van der Waals surface area contributed by atoms with Crippen LogP contribution in [0.1, 0.15) is 47.5 Å². The van der Waals surface area contributed by atoms with Crippen LogP contribution in [0.5, 0.6) is 0 Å². The van der Waals surface area contributed by atoms with E-state index < -0.39 is 0 Å². The Balaban J connectivity index is 3.03. The Labute approximate surface area is 124 Å². The smallest absolute Gasteiger partial charge is 0.161 e. The van der Waals surface area contributed by atoms with Crippen LogP contribution in [-0.2, 0) is 4.79 Å². The maximum Gasteiger partial charge on any atom is 0.161 e. The van der Waals surface area contributed by atoms with Gasteiger partial charge in [0.15, 0.2) is 5.78 Å². The molecule has 0 amide bonds. The lowest BCUT2D eigenvalue weighted by Gasteiger charge is -2.21. The summed E-state index contributed by atoms with van der Waals surface area (Å²) in [6.07, 6.45) is 10.1. The summed E-state index contributed by atoms with van der Waals surface area (Å²) in [5, 5.41) is 0. The molecule has 0 N–H and O–H groups in total. The molecular weight excluding hydrogens is 244 g/mol. The fraction of sp³-hybridized carbons (Fsp3) is 0.526. The first-order valence-corrected chi connectivity index (χ1v) is 7.69. The number of hydrogen-bond acceptors (Lipinski definition) is 1. The van der Waals surface area contributed by atoms with Gasteiger partial charge in [-0.2, -0.15) is 0 Å². The Morgan fingerprint density at radius 1 is 1.45 bits per heavy atom. The molecular formula is C19H28O. The standard InChI is InChI=1S/C19H28O/c1-7-10-11-17-14(5)12-18(15(17)6)16(9-3)19(20)13(4)8-2/h7,9-11,13,15,18H,5,8,12H2,1-4,6H3/b10-7-,16-9-,17-11+. The number of Topliss-reactive ketones (excluding diaryl/α,β-unsaturated/α-hetero) is 1. The monoisotopic (exact) mass is 272 g/mol. The van der Waals surface area contributed by atoms with Crippen molar-refractivity contribution < 1.29 is 4.79 Å². The molecule has 0 radical (unpaired) electrons. The van der Waals surface area contributed by atoms with E-state index in [1.54, 1.807) is 0 Å². The first kappa shape index (κ1) is 16.7. The van der Waals surface area contributed by atoms with E-state index >= 15 is 0 Å². The van der Waals surface area contributed by atoms with Crippen molar-refractivity contribution in [2.24, 2.45) is 17.8 Å². The van der Waals surface area contributed by atoms with Crippen LogP contribution < -0.4 is 0 Å². The number of rotatable bonds is 5. The zero-order chi connectivity index (χ0) is 15.3. The molecule has 20 heavy (non-hydrogen) atoms. The van der Waals surface area contributed by atoms with Crippen LogP contribution in [0.4, 0.5) is 0 Å². The molecule has 1 saturated carbocycles.